The minimum Gasteiger partial charge on any atom is -0.310 e. The predicted octanol–water partition coefficient (Wildman–Crippen LogP) is 14.8. The molecule has 7 aliphatic rings. The van der Waals surface area contributed by atoms with Gasteiger partial charge in [-0.25, -0.2) is 0 Å². The van der Waals surface area contributed by atoms with Gasteiger partial charge in [-0.1, -0.05) is 126 Å². The van der Waals surface area contributed by atoms with Crippen molar-refractivity contribution in [3.05, 3.63) is 161 Å². The van der Waals surface area contributed by atoms with Gasteiger partial charge in [0.25, 0.3) is 0 Å². The number of hydrogen-bond acceptors (Lipinski definition) is 1. The zero-order valence-corrected chi connectivity index (χ0v) is 35.1. The fraction of sp³-hybridized carbons (Fsp3) is 0.368. The number of anilines is 3. The van der Waals surface area contributed by atoms with Gasteiger partial charge < -0.3 is 4.90 Å². The lowest BCUT2D eigenvalue weighted by molar-refractivity contribution is -0.231. The third-order valence-electron chi connectivity index (χ3n) is 18.0. The van der Waals surface area contributed by atoms with Crippen LogP contribution in [0.2, 0.25) is 0 Å². The first-order chi connectivity index (χ1) is 27.9. The average molecular weight is 754 g/mol. The quantitative estimate of drug-likeness (QED) is 0.173. The first-order valence-corrected chi connectivity index (χ1v) is 22.5. The van der Waals surface area contributed by atoms with Crippen LogP contribution in [0.15, 0.2) is 127 Å². The van der Waals surface area contributed by atoms with Gasteiger partial charge >= 0.3 is 0 Å². The number of fused-ring (bicyclic) bond motifs is 12. The van der Waals surface area contributed by atoms with Gasteiger partial charge in [-0.15, -0.1) is 0 Å². The fourth-order valence-electron chi connectivity index (χ4n) is 15.3. The fourth-order valence-corrected chi connectivity index (χ4v) is 15.3. The molecule has 0 aliphatic heterocycles. The van der Waals surface area contributed by atoms with E-state index in [9.17, 15) is 0 Å². The molecule has 6 aromatic carbocycles. The largest absolute Gasteiger partial charge is 0.310 e. The molecular formula is C57H55N. The van der Waals surface area contributed by atoms with Gasteiger partial charge in [-0.2, -0.15) is 0 Å². The molecule has 4 fully saturated rings. The summed E-state index contributed by atoms with van der Waals surface area (Å²) in [5.74, 6) is 3.62. The average Bonchev–Trinajstić information content (AvgIpc) is 3.92. The second-order valence-electron chi connectivity index (χ2n) is 21.6. The molecule has 288 valence electrons. The van der Waals surface area contributed by atoms with E-state index >= 15 is 0 Å². The maximum atomic E-state index is 2.64. The van der Waals surface area contributed by atoms with Crippen LogP contribution in [-0.2, 0) is 21.7 Å². The minimum atomic E-state index is -0.0219. The van der Waals surface area contributed by atoms with Crippen LogP contribution in [0.3, 0.4) is 0 Å². The van der Waals surface area contributed by atoms with E-state index in [-0.39, 0.29) is 21.7 Å². The van der Waals surface area contributed by atoms with E-state index in [0.717, 1.165) is 23.7 Å². The first kappa shape index (κ1) is 34.0. The van der Waals surface area contributed by atoms with E-state index in [1.54, 1.807) is 11.1 Å². The lowest BCUT2D eigenvalue weighted by Crippen LogP contribution is -2.73. The van der Waals surface area contributed by atoms with Crippen LogP contribution in [0.4, 0.5) is 17.1 Å². The summed E-state index contributed by atoms with van der Waals surface area (Å²) in [7, 11) is 0. The highest BCUT2D eigenvalue weighted by Crippen LogP contribution is 2.89. The normalized spacial score (nSPS) is 29.7. The molecule has 0 amide bonds. The number of hydrogen-bond donors (Lipinski definition) is 0. The smallest absolute Gasteiger partial charge is 0.0468 e. The van der Waals surface area contributed by atoms with Crippen LogP contribution < -0.4 is 4.90 Å². The molecule has 2 bridgehead atoms. The molecule has 0 heterocycles. The van der Waals surface area contributed by atoms with Gasteiger partial charge in [0.1, 0.15) is 0 Å². The first-order valence-electron chi connectivity index (χ1n) is 22.5. The Morgan fingerprint density at radius 1 is 0.448 bits per heavy atom. The highest BCUT2D eigenvalue weighted by molar-refractivity contribution is 5.89. The van der Waals surface area contributed by atoms with Crippen molar-refractivity contribution in [1.29, 1.82) is 0 Å². The molecule has 4 saturated carbocycles. The Balaban J connectivity index is 0.933. The Bertz CT molecular complexity index is 2760. The van der Waals surface area contributed by atoms with E-state index < -0.39 is 0 Å². The highest BCUT2D eigenvalue weighted by Gasteiger charge is 2.84. The van der Waals surface area contributed by atoms with Crippen LogP contribution in [0.25, 0.3) is 33.4 Å². The summed E-state index contributed by atoms with van der Waals surface area (Å²) >= 11 is 0. The second kappa shape index (κ2) is 10.8. The predicted molar refractivity (Wildman–Crippen MR) is 240 cm³/mol. The zero-order valence-electron chi connectivity index (χ0n) is 35.1. The molecule has 1 heteroatoms. The van der Waals surface area contributed by atoms with Crippen molar-refractivity contribution in [3.63, 3.8) is 0 Å². The van der Waals surface area contributed by atoms with Crippen molar-refractivity contribution in [1.82, 2.24) is 0 Å². The maximum absolute atomic E-state index is 2.64. The number of rotatable bonds is 4. The Morgan fingerprint density at radius 2 is 1.03 bits per heavy atom. The van der Waals surface area contributed by atoms with E-state index in [0.29, 0.717) is 5.41 Å². The van der Waals surface area contributed by atoms with Gasteiger partial charge in [0, 0.05) is 27.9 Å². The zero-order chi connectivity index (χ0) is 39.1. The van der Waals surface area contributed by atoms with E-state index in [4.69, 9.17) is 0 Å². The summed E-state index contributed by atoms with van der Waals surface area (Å²) < 4.78 is 0. The Kier molecular flexibility index (Phi) is 6.36. The monoisotopic (exact) mass is 753 g/mol. The Hall–Kier alpha value is -4.88. The molecule has 0 radical (unpaired) electrons. The lowest BCUT2D eigenvalue weighted by atomic mass is 9.27. The van der Waals surface area contributed by atoms with Crippen LogP contribution in [0.5, 0.6) is 0 Å². The summed E-state index contributed by atoms with van der Waals surface area (Å²) in [5, 5.41) is 0. The molecule has 2 spiro atoms. The molecule has 6 unspecified atom stereocenters. The standard InChI is InChI=1S/C57H55N/c1-53(2)25-26-54(3,4)50-32-40(21-24-48(50)53)58(39-20-23-46-44(31-39)42-12-7-9-13-45(42)55(46,5)6)38-18-15-35(16-19-38)36-17-22-43-41-11-8-10-14-47(41)57(49(43)29-36)51-28-34-27-37-30-52(57)56(37,51)33-34/h7-24,29,31-32,34,37,51-52H,25-28,30,33H2,1-6H3. The highest BCUT2D eigenvalue weighted by atomic mass is 15.1. The summed E-state index contributed by atoms with van der Waals surface area (Å²) in [6.45, 7) is 14.5. The SMILES string of the molecule is CC1(C)CCC(C)(C)c2cc(N(c3ccc(-c4ccc5c(c4)C4(c6ccccc6-5)C5CC6CC7CC4C75C6)cc3)c3ccc4c(c3)-c3ccccc3C4(C)C)ccc21. The van der Waals surface area contributed by atoms with E-state index in [2.05, 4.69) is 174 Å². The second-order valence-corrected chi connectivity index (χ2v) is 21.6. The third kappa shape index (κ3) is 3.96. The van der Waals surface area contributed by atoms with Crippen molar-refractivity contribution in [3.8, 4) is 33.4 Å². The van der Waals surface area contributed by atoms with Crippen LogP contribution in [-0.4, -0.2) is 0 Å². The van der Waals surface area contributed by atoms with Crippen LogP contribution in [0, 0.1) is 29.1 Å². The van der Waals surface area contributed by atoms with Crippen LogP contribution >= 0.6 is 0 Å². The van der Waals surface area contributed by atoms with Crippen LogP contribution in [0.1, 0.15) is 113 Å². The van der Waals surface area contributed by atoms with E-state index in [1.807, 2.05) is 0 Å². The molecule has 0 aromatic heterocycles. The Morgan fingerprint density at radius 3 is 1.79 bits per heavy atom. The molecule has 1 nitrogen and oxygen atoms in total. The van der Waals surface area contributed by atoms with Gasteiger partial charge in [0.05, 0.1) is 0 Å². The molecule has 7 aliphatic carbocycles. The molecule has 58 heavy (non-hydrogen) atoms. The van der Waals surface area contributed by atoms with Gasteiger partial charge in [0.2, 0.25) is 0 Å². The summed E-state index contributed by atoms with van der Waals surface area (Å²) in [6.07, 6.45) is 8.33. The van der Waals surface area contributed by atoms with Crippen molar-refractivity contribution in [2.24, 2.45) is 29.1 Å². The summed E-state index contributed by atoms with van der Waals surface area (Å²) in [5.41, 5.74) is 22.3. The van der Waals surface area contributed by atoms with Crippen molar-refractivity contribution in [2.45, 2.75) is 102 Å². The maximum Gasteiger partial charge on any atom is 0.0468 e. The van der Waals surface area contributed by atoms with Gasteiger partial charge in [-0.05, 0) is 188 Å². The van der Waals surface area contributed by atoms with Gasteiger partial charge in [-0.3, -0.25) is 0 Å². The molecular weight excluding hydrogens is 699 g/mol. The minimum absolute atomic E-state index is 0.0219. The van der Waals surface area contributed by atoms with Crippen molar-refractivity contribution in [2.75, 3.05) is 4.90 Å². The molecule has 0 saturated heterocycles. The van der Waals surface area contributed by atoms with Gasteiger partial charge in [0.15, 0.2) is 0 Å². The Labute approximate surface area is 345 Å². The summed E-state index contributed by atoms with van der Waals surface area (Å²) in [4.78, 5) is 2.53. The number of nitrogens with zero attached hydrogens (tertiary/aromatic N) is 1. The number of benzene rings is 6. The van der Waals surface area contributed by atoms with E-state index in [1.165, 1.54) is 111 Å². The third-order valence-corrected chi connectivity index (χ3v) is 18.0. The van der Waals surface area contributed by atoms with Crippen molar-refractivity contribution < 1.29 is 0 Å². The lowest BCUT2D eigenvalue weighted by Gasteiger charge is -2.76. The molecule has 0 N–H and O–H groups in total. The molecule has 6 aromatic rings. The summed E-state index contributed by atoms with van der Waals surface area (Å²) in [6, 6.07) is 50.3. The molecule has 6 atom stereocenters. The topological polar surface area (TPSA) is 3.24 Å². The van der Waals surface area contributed by atoms with Crippen molar-refractivity contribution >= 4 is 17.1 Å². The molecule has 13 rings (SSSR count).